The predicted octanol–water partition coefficient (Wildman–Crippen LogP) is 6.28. The maximum absolute atomic E-state index is 4.24. The highest BCUT2D eigenvalue weighted by atomic mass is 15.4. The van der Waals surface area contributed by atoms with Gasteiger partial charge in [-0.25, -0.2) is 4.48 Å². The highest BCUT2D eigenvalue weighted by Crippen LogP contribution is 2.48. The molecule has 26 heavy (non-hydrogen) atoms. The summed E-state index contributed by atoms with van der Waals surface area (Å²) in [6.45, 7) is 4.92. The summed E-state index contributed by atoms with van der Waals surface area (Å²) in [4.78, 5) is 4.24. The van der Waals surface area contributed by atoms with Crippen LogP contribution in [0.15, 0.2) is 85.3 Å². The second-order valence-corrected chi connectivity index (χ2v) is 6.85. The quantitative estimate of drug-likeness (QED) is 0.481. The molecule has 1 unspecified atom stereocenters. The fraction of sp³-hybridized carbons (Fsp3) is 0.167. The summed E-state index contributed by atoms with van der Waals surface area (Å²) < 4.78 is 0.717. The lowest BCUT2D eigenvalue weighted by Crippen LogP contribution is -2.36. The van der Waals surface area contributed by atoms with Crippen LogP contribution in [0.3, 0.4) is 0 Å². The molecule has 129 valence electrons. The molecule has 2 nitrogen and oxygen atoms in total. The zero-order chi connectivity index (χ0) is 17.8. The number of pyridine rings is 1. The van der Waals surface area contributed by atoms with Gasteiger partial charge in [0.05, 0.1) is 0 Å². The average Bonchev–Trinajstić information content (AvgIpc) is 3.03. The van der Waals surface area contributed by atoms with E-state index in [1.165, 1.54) is 28.1 Å². The number of unbranched alkanes of at least 4 members (excludes halogenated alkanes) is 1. The van der Waals surface area contributed by atoms with Crippen molar-refractivity contribution in [2.75, 3.05) is 0 Å². The van der Waals surface area contributed by atoms with Gasteiger partial charge in [0.2, 0.25) is 0 Å². The van der Waals surface area contributed by atoms with Crippen LogP contribution in [-0.4, -0.2) is 4.98 Å². The molecular formula is C24H24N2+. The molecule has 1 aromatic heterocycles. The van der Waals surface area contributed by atoms with Crippen molar-refractivity contribution in [3.63, 3.8) is 0 Å². The number of para-hydroxylation sites is 1. The van der Waals surface area contributed by atoms with E-state index in [2.05, 4.69) is 84.8 Å². The number of hydrogen-bond donors (Lipinski definition) is 0. The Labute approximate surface area is 156 Å². The first-order valence-electron chi connectivity index (χ1n) is 9.27. The molecule has 0 spiro atoms. The number of benzene rings is 2. The van der Waals surface area contributed by atoms with Crippen LogP contribution in [0.2, 0.25) is 0 Å². The highest BCUT2D eigenvalue weighted by molar-refractivity contribution is 5.86. The van der Waals surface area contributed by atoms with Crippen LogP contribution in [0.5, 0.6) is 0 Å². The van der Waals surface area contributed by atoms with Gasteiger partial charge in [-0.15, -0.1) is 0 Å². The molecule has 2 heteroatoms. The molecule has 2 heterocycles. The van der Waals surface area contributed by atoms with E-state index in [1.807, 2.05) is 12.4 Å². The standard InChI is InChI=1S/C24H24N2/c1-2-3-11-21-19-26(22-14-16-25-17-15-22,18-20-9-5-4-6-10-20)24-13-8-7-12-23(21)24/h4-10,12-17,19H,1-3,11,18H2/q+1. The van der Waals surface area contributed by atoms with E-state index in [1.54, 1.807) is 0 Å². The molecule has 4 rings (SSSR count). The minimum absolute atomic E-state index is 0.717. The van der Waals surface area contributed by atoms with E-state index in [0.29, 0.717) is 0 Å². The van der Waals surface area contributed by atoms with Crippen molar-refractivity contribution in [2.24, 2.45) is 0 Å². The predicted molar refractivity (Wildman–Crippen MR) is 109 cm³/mol. The Morgan fingerprint density at radius 2 is 1.58 bits per heavy atom. The van der Waals surface area contributed by atoms with Gasteiger partial charge in [-0.1, -0.05) is 55.8 Å². The van der Waals surface area contributed by atoms with E-state index < -0.39 is 0 Å². The van der Waals surface area contributed by atoms with Crippen molar-refractivity contribution in [2.45, 2.75) is 25.8 Å². The van der Waals surface area contributed by atoms with Crippen molar-refractivity contribution in [1.82, 2.24) is 9.47 Å². The highest BCUT2D eigenvalue weighted by Gasteiger charge is 2.40. The molecule has 0 fully saturated rings. The Morgan fingerprint density at radius 1 is 0.846 bits per heavy atom. The average molecular weight is 340 g/mol. The zero-order valence-corrected chi connectivity index (χ0v) is 15.0. The molecule has 2 aromatic carbocycles. The van der Waals surface area contributed by atoms with Gasteiger partial charge in [0, 0.05) is 47.3 Å². The normalized spacial score (nSPS) is 18.4. The van der Waals surface area contributed by atoms with E-state index in [4.69, 9.17) is 0 Å². The fourth-order valence-electron chi connectivity index (χ4n) is 3.93. The largest absolute Gasteiger partial charge is 0.264 e. The number of allylic oxidation sites excluding steroid dienone is 1. The summed E-state index contributed by atoms with van der Waals surface area (Å²) in [6, 6.07) is 23.8. The van der Waals surface area contributed by atoms with E-state index in [9.17, 15) is 0 Å². The lowest BCUT2D eigenvalue weighted by molar-refractivity contribution is 0.506. The van der Waals surface area contributed by atoms with Crippen LogP contribution in [-0.2, 0) is 6.54 Å². The molecule has 0 amide bonds. The number of aromatic nitrogens is 1. The number of hydrogen-bond acceptors (Lipinski definition) is 1. The molecule has 1 aliphatic rings. The third-order valence-electron chi connectivity index (χ3n) is 5.15. The summed E-state index contributed by atoms with van der Waals surface area (Å²) in [5, 5.41) is 0. The summed E-state index contributed by atoms with van der Waals surface area (Å²) in [5.74, 6) is 0. The van der Waals surface area contributed by atoms with E-state index >= 15 is 0 Å². The van der Waals surface area contributed by atoms with Crippen LogP contribution in [0.25, 0.3) is 5.57 Å². The first-order valence-corrected chi connectivity index (χ1v) is 9.27. The SMILES string of the molecule is [CH2]CCCC1=C[N+](Cc2ccccc2)(c2ccncc2)c2ccccc21. The van der Waals surface area contributed by atoms with Crippen LogP contribution in [0, 0.1) is 6.92 Å². The van der Waals surface area contributed by atoms with E-state index in [0.717, 1.165) is 30.3 Å². The van der Waals surface area contributed by atoms with Gasteiger partial charge < -0.3 is 0 Å². The smallest absolute Gasteiger partial charge is 0.150 e. The molecular weight excluding hydrogens is 316 g/mol. The van der Waals surface area contributed by atoms with Crippen molar-refractivity contribution in [3.05, 3.63) is 103 Å². The van der Waals surface area contributed by atoms with Crippen LogP contribution in [0.1, 0.15) is 30.4 Å². The molecule has 0 aliphatic carbocycles. The van der Waals surface area contributed by atoms with Gasteiger partial charge in [-0.2, -0.15) is 0 Å². The van der Waals surface area contributed by atoms with Gasteiger partial charge in [-0.05, 0) is 18.9 Å². The fourth-order valence-corrected chi connectivity index (χ4v) is 3.93. The topological polar surface area (TPSA) is 12.9 Å². The number of nitrogens with zero attached hydrogens (tertiary/aromatic N) is 2. The molecule has 0 bridgehead atoms. The minimum atomic E-state index is 0.717. The van der Waals surface area contributed by atoms with Crippen LogP contribution < -0.4 is 4.48 Å². The minimum Gasteiger partial charge on any atom is -0.264 e. The summed E-state index contributed by atoms with van der Waals surface area (Å²) >= 11 is 0. The number of fused-ring (bicyclic) bond motifs is 1. The van der Waals surface area contributed by atoms with Gasteiger partial charge in [0.15, 0.2) is 5.69 Å². The van der Waals surface area contributed by atoms with Gasteiger partial charge >= 0.3 is 0 Å². The Balaban J connectivity index is 1.89. The Hall–Kier alpha value is -2.71. The molecule has 1 aliphatic heterocycles. The van der Waals surface area contributed by atoms with Crippen molar-refractivity contribution in [3.8, 4) is 0 Å². The van der Waals surface area contributed by atoms with Crippen LogP contribution >= 0.6 is 0 Å². The first kappa shape index (κ1) is 16.7. The summed E-state index contributed by atoms with van der Waals surface area (Å²) in [5.41, 5.74) is 6.72. The van der Waals surface area contributed by atoms with Gasteiger partial charge in [0.1, 0.15) is 18.4 Å². The molecule has 3 aromatic rings. The molecule has 0 N–H and O–H groups in total. The molecule has 1 atom stereocenters. The second kappa shape index (κ2) is 7.27. The first-order chi connectivity index (χ1) is 12.8. The maximum Gasteiger partial charge on any atom is 0.150 e. The molecule has 0 saturated heterocycles. The number of quaternary nitrogens is 1. The maximum atomic E-state index is 4.24. The van der Waals surface area contributed by atoms with Crippen molar-refractivity contribution < 1.29 is 0 Å². The van der Waals surface area contributed by atoms with Crippen molar-refractivity contribution >= 4 is 16.9 Å². The van der Waals surface area contributed by atoms with Crippen LogP contribution in [0.4, 0.5) is 11.4 Å². The molecule has 0 saturated carbocycles. The van der Waals surface area contributed by atoms with E-state index in [-0.39, 0.29) is 0 Å². The van der Waals surface area contributed by atoms with Crippen molar-refractivity contribution in [1.29, 1.82) is 0 Å². The second-order valence-electron chi connectivity index (χ2n) is 6.85. The monoisotopic (exact) mass is 340 g/mol. The van der Waals surface area contributed by atoms with Gasteiger partial charge in [-0.3, -0.25) is 4.98 Å². The third kappa shape index (κ3) is 2.97. The lowest BCUT2D eigenvalue weighted by Gasteiger charge is -2.32. The lowest BCUT2D eigenvalue weighted by atomic mass is 10.0. The zero-order valence-electron chi connectivity index (χ0n) is 15.0. The Morgan fingerprint density at radius 3 is 2.35 bits per heavy atom. The third-order valence-corrected chi connectivity index (χ3v) is 5.15. The van der Waals surface area contributed by atoms with Gasteiger partial charge in [0.25, 0.3) is 0 Å². The molecule has 1 radical (unpaired) electrons. The summed E-state index contributed by atoms with van der Waals surface area (Å²) in [6.07, 6.45) is 9.38. The summed E-state index contributed by atoms with van der Waals surface area (Å²) in [7, 11) is 0. The number of rotatable bonds is 6. The Bertz CT molecular complexity index is 900. The Kier molecular flexibility index (Phi) is 4.68.